The van der Waals surface area contributed by atoms with Gasteiger partial charge in [-0.15, -0.1) is 0 Å². The van der Waals surface area contributed by atoms with Gasteiger partial charge in [0, 0.05) is 57.4 Å². The number of amides is 3. The van der Waals surface area contributed by atoms with E-state index in [1.54, 1.807) is 0 Å². The van der Waals surface area contributed by atoms with Crippen LogP contribution in [0.1, 0.15) is 56.9 Å². The third-order valence-electron chi connectivity index (χ3n) is 7.44. The molecule has 0 radical (unpaired) electrons. The van der Waals surface area contributed by atoms with Gasteiger partial charge in [0.25, 0.3) is 0 Å². The quantitative estimate of drug-likeness (QED) is 0.729. The summed E-state index contributed by atoms with van der Waals surface area (Å²) in [6.45, 7) is 6.92. The molecule has 170 valence electrons. The minimum Gasteiger partial charge on any atom is -0.368 e. The average Bonchev–Trinajstić information content (AvgIpc) is 2.81. The molecule has 2 unspecified atom stereocenters. The van der Waals surface area contributed by atoms with Crippen molar-refractivity contribution in [3.05, 3.63) is 29.8 Å². The van der Waals surface area contributed by atoms with Gasteiger partial charge in [-0.25, -0.2) is 4.79 Å². The summed E-state index contributed by atoms with van der Waals surface area (Å²) in [5, 5.41) is 3.09. The second kappa shape index (κ2) is 10.4. The monoisotopic (exact) mass is 426 g/mol. The number of para-hydroxylation sites is 1. The Morgan fingerprint density at radius 1 is 0.968 bits per heavy atom. The molecule has 6 nitrogen and oxygen atoms in total. The molecule has 0 aromatic heterocycles. The molecule has 2 saturated heterocycles. The van der Waals surface area contributed by atoms with Crippen molar-refractivity contribution in [3.8, 4) is 0 Å². The fourth-order valence-corrected chi connectivity index (χ4v) is 5.69. The molecule has 2 heterocycles. The molecule has 4 rings (SSSR count). The molecule has 0 spiro atoms. The smallest absolute Gasteiger partial charge is 0.317 e. The van der Waals surface area contributed by atoms with Crippen LogP contribution in [0.2, 0.25) is 0 Å². The van der Waals surface area contributed by atoms with Gasteiger partial charge < -0.3 is 20.0 Å². The number of carbonyl (C=O) groups is 2. The largest absolute Gasteiger partial charge is 0.368 e. The van der Waals surface area contributed by atoms with E-state index in [0.29, 0.717) is 31.3 Å². The van der Waals surface area contributed by atoms with Gasteiger partial charge in [0.2, 0.25) is 5.91 Å². The van der Waals surface area contributed by atoms with Crippen molar-refractivity contribution in [2.45, 2.75) is 64.3 Å². The standard InChI is InChI=1S/C25H38N4O2/c1-20-8-2-4-11-22(20)27-16-18-28(19-17-27)24(30)13-6-14-26-25(31)29-15-7-10-21-9-3-5-12-23(21)29/h2,4,8,11,21,23H,3,5-7,9-10,12-19H2,1H3,(H,26,31). The second-order valence-corrected chi connectivity index (χ2v) is 9.44. The van der Waals surface area contributed by atoms with E-state index < -0.39 is 0 Å². The van der Waals surface area contributed by atoms with Crippen LogP contribution in [0.4, 0.5) is 10.5 Å². The lowest BCUT2D eigenvalue weighted by atomic mass is 9.78. The normalized spacial score (nSPS) is 24.0. The molecular formula is C25H38N4O2. The van der Waals surface area contributed by atoms with E-state index in [1.807, 2.05) is 4.90 Å². The maximum absolute atomic E-state index is 12.7. The Morgan fingerprint density at radius 3 is 2.52 bits per heavy atom. The van der Waals surface area contributed by atoms with E-state index >= 15 is 0 Å². The lowest BCUT2D eigenvalue weighted by Crippen LogP contribution is -2.53. The van der Waals surface area contributed by atoms with Gasteiger partial charge in [-0.05, 0) is 56.6 Å². The number of aryl methyl sites for hydroxylation is 1. The summed E-state index contributed by atoms with van der Waals surface area (Å²) in [6, 6.07) is 8.96. The van der Waals surface area contributed by atoms with Crippen LogP contribution in [0.5, 0.6) is 0 Å². The van der Waals surface area contributed by atoms with Crippen molar-refractivity contribution in [2.75, 3.05) is 44.2 Å². The lowest BCUT2D eigenvalue weighted by molar-refractivity contribution is -0.131. The Morgan fingerprint density at radius 2 is 1.71 bits per heavy atom. The van der Waals surface area contributed by atoms with Crippen LogP contribution >= 0.6 is 0 Å². The number of rotatable bonds is 5. The number of urea groups is 1. The number of piperazine rings is 1. The summed E-state index contributed by atoms with van der Waals surface area (Å²) in [5.41, 5.74) is 2.56. The van der Waals surface area contributed by atoms with E-state index in [9.17, 15) is 9.59 Å². The number of fused-ring (bicyclic) bond motifs is 1. The molecule has 2 atom stereocenters. The Kier molecular flexibility index (Phi) is 7.36. The van der Waals surface area contributed by atoms with E-state index in [-0.39, 0.29) is 11.9 Å². The Labute approximate surface area is 187 Å². The van der Waals surface area contributed by atoms with Crippen molar-refractivity contribution < 1.29 is 9.59 Å². The van der Waals surface area contributed by atoms with Crippen LogP contribution in [-0.2, 0) is 4.79 Å². The lowest BCUT2D eigenvalue weighted by Gasteiger charge is -2.44. The zero-order valence-electron chi connectivity index (χ0n) is 19.0. The zero-order chi connectivity index (χ0) is 21.6. The molecule has 0 bridgehead atoms. The molecular weight excluding hydrogens is 388 g/mol. The summed E-state index contributed by atoms with van der Waals surface area (Å²) in [4.78, 5) is 31.8. The van der Waals surface area contributed by atoms with Crippen molar-refractivity contribution in [1.82, 2.24) is 15.1 Å². The fourth-order valence-electron chi connectivity index (χ4n) is 5.69. The van der Waals surface area contributed by atoms with Crippen LogP contribution in [0.15, 0.2) is 24.3 Å². The number of nitrogens with zero attached hydrogens (tertiary/aromatic N) is 3. The fraction of sp³-hybridized carbons (Fsp3) is 0.680. The van der Waals surface area contributed by atoms with E-state index in [2.05, 4.69) is 46.3 Å². The Bertz CT molecular complexity index is 758. The van der Waals surface area contributed by atoms with Gasteiger partial charge in [0.1, 0.15) is 0 Å². The van der Waals surface area contributed by atoms with Crippen LogP contribution < -0.4 is 10.2 Å². The highest BCUT2D eigenvalue weighted by molar-refractivity contribution is 5.77. The van der Waals surface area contributed by atoms with E-state index in [1.165, 1.54) is 36.9 Å². The molecule has 1 aromatic rings. The zero-order valence-corrected chi connectivity index (χ0v) is 19.0. The number of hydrogen-bond donors (Lipinski definition) is 1. The van der Waals surface area contributed by atoms with Gasteiger partial charge >= 0.3 is 6.03 Å². The first-order valence-corrected chi connectivity index (χ1v) is 12.3. The van der Waals surface area contributed by atoms with Crippen molar-refractivity contribution in [1.29, 1.82) is 0 Å². The minimum absolute atomic E-state index is 0.0795. The van der Waals surface area contributed by atoms with Gasteiger partial charge in [-0.3, -0.25) is 4.79 Å². The van der Waals surface area contributed by atoms with Crippen LogP contribution in [-0.4, -0.2) is 67.0 Å². The van der Waals surface area contributed by atoms with Crippen LogP contribution in [0.3, 0.4) is 0 Å². The van der Waals surface area contributed by atoms with Crippen molar-refractivity contribution in [2.24, 2.45) is 5.92 Å². The predicted octanol–water partition coefficient (Wildman–Crippen LogP) is 3.79. The number of anilines is 1. The molecule has 2 aliphatic heterocycles. The predicted molar refractivity (Wildman–Crippen MR) is 124 cm³/mol. The molecule has 1 aliphatic carbocycles. The van der Waals surface area contributed by atoms with E-state index in [0.717, 1.165) is 45.6 Å². The van der Waals surface area contributed by atoms with Gasteiger partial charge in [-0.2, -0.15) is 0 Å². The number of carbonyl (C=O) groups excluding carboxylic acids is 2. The minimum atomic E-state index is 0.0795. The van der Waals surface area contributed by atoms with Crippen molar-refractivity contribution >= 4 is 17.6 Å². The summed E-state index contributed by atoms with van der Waals surface area (Å²) in [5.74, 6) is 0.914. The van der Waals surface area contributed by atoms with Gasteiger partial charge in [0.15, 0.2) is 0 Å². The van der Waals surface area contributed by atoms with Gasteiger partial charge in [-0.1, -0.05) is 31.0 Å². The third kappa shape index (κ3) is 5.34. The first kappa shape index (κ1) is 22.0. The second-order valence-electron chi connectivity index (χ2n) is 9.44. The number of piperidine rings is 1. The average molecular weight is 427 g/mol. The Hall–Kier alpha value is -2.24. The Balaban J connectivity index is 1.15. The number of likely N-dealkylation sites (tertiary alicyclic amines) is 1. The summed E-state index contributed by atoms with van der Waals surface area (Å²) in [7, 11) is 0. The number of nitrogens with one attached hydrogen (secondary N) is 1. The maximum Gasteiger partial charge on any atom is 0.317 e. The SMILES string of the molecule is Cc1ccccc1N1CCN(C(=O)CCCNC(=O)N2CCCC3CCCCC32)CC1. The third-order valence-corrected chi connectivity index (χ3v) is 7.44. The van der Waals surface area contributed by atoms with Crippen molar-refractivity contribution in [3.63, 3.8) is 0 Å². The maximum atomic E-state index is 12.7. The number of benzene rings is 1. The molecule has 3 amide bonds. The highest BCUT2D eigenvalue weighted by Crippen LogP contribution is 2.35. The highest BCUT2D eigenvalue weighted by Gasteiger charge is 2.35. The molecule has 1 N–H and O–H groups in total. The molecule has 1 aromatic carbocycles. The van der Waals surface area contributed by atoms with Gasteiger partial charge in [0.05, 0.1) is 0 Å². The molecule has 31 heavy (non-hydrogen) atoms. The molecule has 1 saturated carbocycles. The van der Waals surface area contributed by atoms with E-state index in [4.69, 9.17) is 0 Å². The van der Waals surface area contributed by atoms with Crippen LogP contribution in [0, 0.1) is 12.8 Å². The van der Waals surface area contributed by atoms with Crippen LogP contribution in [0.25, 0.3) is 0 Å². The summed E-state index contributed by atoms with van der Waals surface area (Å²) >= 11 is 0. The first-order chi connectivity index (χ1) is 15.1. The first-order valence-electron chi connectivity index (χ1n) is 12.3. The molecule has 6 heteroatoms. The highest BCUT2D eigenvalue weighted by atomic mass is 16.2. The number of hydrogen-bond acceptors (Lipinski definition) is 3. The molecule has 3 aliphatic rings. The topological polar surface area (TPSA) is 55.9 Å². The summed E-state index contributed by atoms with van der Waals surface area (Å²) in [6.07, 6.45) is 8.63. The summed E-state index contributed by atoms with van der Waals surface area (Å²) < 4.78 is 0. The molecule has 3 fully saturated rings.